The molecule has 2 aromatic carbocycles. The highest BCUT2D eigenvalue weighted by molar-refractivity contribution is 5.33. The Morgan fingerprint density at radius 2 is 1.76 bits per heavy atom. The summed E-state index contributed by atoms with van der Waals surface area (Å²) in [6.07, 6.45) is 0.780. The van der Waals surface area contributed by atoms with Gasteiger partial charge in [-0.3, -0.25) is 0 Å². The smallest absolute Gasteiger partial charge is 0.123 e. The van der Waals surface area contributed by atoms with Crippen molar-refractivity contribution in [3.8, 4) is 11.5 Å². The Kier molecular flexibility index (Phi) is 6.06. The molecule has 0 atom stereocenters. The van der Waals surface area contributed by atoms with E-state index >= 15 is 0 Å². The van der Waals surface area contributed by atoms with Gasteiger partial charge in [0.2, 0.25) is 0 Å². The maximum Gasteiger partial charge on any atom is 0.123 e. The third-order valence-electron chi connectivity index (χ3n) is 3.09. The van der Waals surface area contributed by atoms with Crippen molar-refractivity contribution >= 4 is 0 Å². The predicted molar refractivity (Wildman–Crippen MR) is 82.3 cm³/mol. The average molecular weight is 287 g/mol. The Morgan fingerprint density at radius 3 is 2.57 bits per heavy atom. The number of hydrogen-bond donors (Lipinski definition) is 2. The molecule has 0 spiro atoms. The van der Waals surface area contributed by atoms with Crippen LogP contribution in [0.15, 0.2) is 48.5 Å². The predicted octanol–water partition coefficient (Wildman–Crippen LogP) is 2.49. The number of hydrogen-bond acceptors (Lipinski definition) is 4. The van der Waals surface area contributed by atoms with E-state index in [0.29, 0.717) is 19.8 Å². The second-order valence-electron chi connectivity index (χ2n) is 4.67. The molecule has 0 aliphatic heterocycles. The molecule has 21 heavy (non-hydrogen) atoms. The molecule has 0 aromatic heterocycles. The van der Waals surface area contributed by atoms with Crippen LogP contribution < -0.4 is 15.2 Å². The van der Waals surface area contributed by atoms with Gasteiger partial charge < -0.3 is 20.3 Å². The van der Waals surface area contributed by atoms with Crippen LogP contribution in [-0.4, -0.2) is 18.3 Å². The second kappa shape index (κ2) is 8.29. The van der Waals surface area contributed by atoms with Crippen LogP contribution in [0.2, 0.25) is 0 Å². The summed E-state index contributed by atoms with van der Waals surface area (Å²) in [7, 11) is 0. The lowest BCUT2D eigenvalue weighted by molar-refractivity contribution is 0.245. The van der Waals surface area contributed by atoms with Gasteiger partial charge >= 0.3 is 0 Å². The lowest BCUT2D eigenvalue weighted by atomic mass is 10.2. The minimum atomic E-state index is 0.0240. The molecule has 2 rings (SSSR count). The molecule has 0 fully saturated rings. The van der Waals surface area contributed by atoms with Gasteiger partial charge in [-0.2, -0.15) is 0 Å². The van der Waals surface area contributed by atoms with Gasteiger partial charge in [0, 0.05) is 18.5 Å². The van der Waals surface area contributed by atoms with E-state index in [1.807, 2.05) is 48.5 Å². The van der Waals surface area contributed by atoms with Crippen molar-refractivity contribution in [3.05, 3.63) is 59.7 Å². The number of nitrogens with two attached hydrogens (primary N) is 1. The van der Waals surface area contributed by atoms with E-state index in [1.54, 1.807) is 0 Å². The first kappa shape index (κ1) is 15.4. The number of aliphatic hydroxyl groups excluding tert-OH is 1. The summed E-state index contributed by atoms with van der Waals surface area (Å²) >= 11 is 0. The SMILES string of the molecule is NCc1ccccc1OCCCOc1cccc(CO)c1. The first-order valence-corrected chi connectivity index (χ1v) is 7.07. The molecule has 0 heterocycles. The highest BCUT2D eigenvalue weighted by atomic mass is 16.5. The van der Waals surface area contributed by atoms with E-state index in [9.17, 15) is 0 Å². The Morgan fingerprint density at radius 1 is 0.952 bits per heavy atom. The third-order valence-corrected chi connectivity index (χ3v) is 3.09. The molecule has 0 saturated heterocycles. The van der Waals surface area contributed by atoms with Crippen molar-refractivity contribution in [3.63, 3.8) is 0 Å². The summed E-state index contributed by atoms with van der Waals surface area (Å²) in [4.78, 5) is 0. The summed E-state index contributed by atoms with van der Waals surface area (Å²) in [5.74, 6) is 1.60. The fourth-order valence-electron chi connectivity index (χ4n) is 1.98. The van der Waals surface area contributed by atoms with Crippen LogP contribution >= 0.6 is 0 Å². The van der Waals surface area contributed by atoms with E-state index < -0.39 is 0 Å². The number of para-hydroxylation sites is 1. The van der Waals surface area contributed by atoms with Crippen LogP contribution in [0, 0.1) is 0 Å². The molecule has 0 bridgehead atoms. The fourth-order valence-corrected chi connectivity index (χ4v) is 1.98. The largest absolute Gasteiger partial charge is 0.493 e. The molecular formula is C17H21NO3. The molecule has 0 aliphatic carbocycles. The van der Waals surface area contributed by atoms with Crippen LogP contribution in [0.3, 0.4) is 0 Å². The quantitative estimate of drug-likeness (QED) is 0.732. The van der Waals surface area contributed by atoms with Crippen molar-refractivity contribution in [1.29, 1.82) is 0 Å². The minimum absolute atomic E-state index is 0.0240. The molecule has 2 aromatic rings. The van der Waals surface area contributed by atoms with E-state index in [4.69, 9.17) is 20.3 Å². The molecule has 112 valence electrons. The zero-order valence-electron chi connectivity index (χ0n) is 12.0. The molecule has 0 unspecified atom stereocenters. The van der Waals surface area contributed by atoms with Crippen molar-refractivity contribution in [2.75, 3.05) is 13.2 Å². The van der Waals surface area contributed by atoms with Gasteiger partial charge in [0.15, 0.2) is 0 Å². The molecule has 4 nitrogen and oxygen atoms in total. The first-order valence-electron chi connectivity index (χ1n) is 7.07. The molecule has 4 heteroatoms. The minimum Gasteiger partial charge on any atom is -0.493 e. The summed E-state index contributed by atoms with van der Waals surface area (Å²) < 4.78 is 11.3. The van der Waals surface area contributed by atoms with Gasteiger partial charge in [-0.1, -0.05) is 30.3 Å². The average Bonchev–Trinajstić information content (AvgIpc) is 2.55. The van der Waals surface area contributed by atoms with E-state index in [1.165, 1.54) is 0 Å². The second-order valence-corrected chi connectivity index (χ2v) is 4.67. The van der Waals surface area contributed by atoms with Crippen LogP contribution in [0.1, 0.15) is 17.5 Å². The third kappa shape index (κ3) is 4.77. The maximum absolute atomic E-state index is 9.06. The summed E-state index contributed by atoms with van der Waals surface area (Å²) in [5, 5.41) is 9.06. The maximum atomic E-state index is 9.06. The molecule has 0 amide bonds. The monoisotopic (exact) mass is 287 g/mol. The van der Waals surface area contributed by atoms with Crippen molar-refractivity contribution in [1.82, 2.24) is 0 Å². The highest BCUT2D eigenvalue weighted by Gasteiger charge is 2.01. The van der Waals surface area contributed by atoms with Gasteiger partial charge in [0.05, 0.1) is 19.8 Å². The van der Waals surface area contributed by atoms with Crippen LogP contribution in [-0.2, 0) is 13.2 Å². The van der Waals surface area contributed by atoms with E-state index in [0.717, 1.165) is 29.0 Å². The Labute approximate surface area is 125 Å². The number of benzene rings is 2. The summed E-state index contributed by atoms with van der Waals surface area (Å²) in [6.45, 7) is 1.65. The molecule has 0 aliphatic rings. The van der Waals surface area contributed by atoms with E-state index in [2.05, 4.69) is 0 Å². The van der Waals surface area contributed by atoms with Gasteiger partial charge in [0.25, 0.3) is 0 Å². The lowest BCUT2D eigenvalue weighted by Gasteiger charge is -2.11. The standard InChI is InChI=1S/C17H21NO3/c18-12-15-6-1-2-8-17(15)21-10-4-9-20-16-7-3-5-14(11-16)13-19/h1-3,5-8,11,19H,4,9-10,12-13,18H2. The van der Waals surface area contributed by atoms with Crippen LogP contribution in [0.25, 0.3) is 0 Å². The van der Waals surface area contributed by atoms with Gasteiger partial charge in [-0.05, 0) is 23.8 Å². The molecular weight excluding hydrogens is 266 g/mol. The zero-order chi connectivity index (χ0) is 14.9. The number of rotatable bonds is 8. The Hall–Kier alpha value is -2.04. The number of ether oxygens (including phenoxy) is 2. The topological polar surface area (TPSA) is 64.7 Å². The summed E-state index contributed by atoms with van der Waals surface area (Å²) in [5.41, 5.74) is 7.52. The van der Waals surface area contributed by atoms with Gasteiger partial charge in [0.1, 0.15) is 11.5 Å². The van der Waals surface area contributed by atoms with Crippen molar-refractivity contribution in [2.45, 2.75) is 19.6 Å². The van der Waals surface area contributed by atoms with Crippen molar-refractivity contribution in [2.24, 2.45) is 5.73 Å². The van der Waals surface area contributed by atoms with Crippen LogP contribution in [0.5, 0.6) is 11.5 Å². The molecule has 0 saturated carbocycles. The zero-order valence-corrected chi connectivity index (χ0v) is 12.0. The van der Waals surface area contributed by atoms with Gasteiger partial charge in [-0.25, -0.2) is 0 Å². The Balaban J connectivity index is 1.72. The highest BCUT2D eigenvalue weighted by Crippen LogP contribution is 2.17. The van der Waals surface area contributed by atoms with Gasteiger partial charge in [-0.15, -0.1) is 0 Å². The lowest BCUT2D eigenvalue weighted by Crippen LogP contribution is -2.07. The fraction of sp³-hybridized carbons (Fsp3) is 0.294. The molecule has 0 radical (unpaired) electrons. The molecule has 3 N–H and O–H groups in total. The first-order chi connectivity index (χ1) is 10.3. The normalized spacial score (nSPS) is 10.4. The summed E-state index contributed by atoms with van der Waals surface area (Å²) in [6, 6.07) is 15.2. The van der Waals surface area contributed by atoms with Crippen molar-refractivity contribution < 1.29 is 14.6 Å². The Bertz CT molecular complexity index is 557. The van der Waals surface area contributed by atoms with E-state index in [-0.39, 0.29) is 6.61 Å². The van der Waals surface area contributed by atoms with Crippen LogP contribution in [0.4, 0.5) is 0 Å². The number of aliphatic hydroxyl groups is 1.